The molecule has 16 heteroatoms. The summed E-state index contributed by atoms with van der Waals surface area (Å²) in [6.07, 6.45) is -3.00. The number of rotatable bonds is 11. The Labute approximate surface area is 251 Å². The van der Waals surface area contributed by atoms with Crippen LogP contribution in [0.2, 0.25) is 0 Å². The van der Waals surface area contributed by atoms with Gasteiger partial charge in [-0.2, -0.15) is 13.2 Å². The number of aryl methyl sites for hydroxylation is 1. The lowest BCUT2D eigenvalue weighted by molar-refractivity contribution is -0.258. The minimum atomic E-state index is -4.98. The molecule has 0 spiro atoms. The fourth-order valence-electron chi connectivity index (χ4n) is 4.37. The summed E-state index contributed by atoms with van der Waals surface area (Å²) in [5, 5.41) is 17.3. The predicted octanol–water partition coefficient (Wildman–Crippen LogP) is 4.34. The van der Waals surface area contributed by atoms with E-state index in [2.05, 4.69) is 24.9 Å². The number of sulfonamides is 1. The Bertz CT molecular complexity index is 1710. The number of benzene rings is 2. The highest BCUT2D eigenvalue weighted by molar-refractivity contribution is 7.93. The number of anilines is 1. The van der Waals surface area contributed by atoms with Gasteiger partial charge in [0.15, 0.2) is 17.2 Å². The van der Waals surface area contributed by atoms with Gasteiger partial charge in [0.25, 0.3) is 0 Å². The number of aromatic nitrogens is 5. The SMILES string of the molecule is COc1cccc(OC)c1-n1c(NS(=O)(=O)[C@@H](C)[C@H](OC)c2ncc(C)cn2)nnc1-c1cccc([C@@](C)(O)C(F)(F)F)c1. The summed E-state index contributed by atoms with van der Waals surface area (Å²) in [5.74, 6) is 0.142. The standard InChI is InChI=1S/C28H31F3N6O6S/c1-16-14-32-24(33-15-16)23(43-6)17(2)44(39,40)36-26-35-34-25(37(26)22-20(41-4)11-8-12-21(22)42-5)18-9-7-10-19(13-18)27(3,38)28(29,30)31/h7-15,17,23,38H,1-6H3,(H,35,36)/t17-,23-,27+/m0/s1. The van der Waals surface area contributed by atoms with Crippen LogP contribution in [-0.2, 0) is 20.4 Å². The maximum Gasteiger partial charge on any atom is 0.421 e. The summed E-state index contributed by atoms with van der Waals surface area (Å²) in [4.78, 5) is 8.39. The monoisotopic (exact) mass is 636 g/mol. The Kier molecular flexibility index (Phi) is 9.18. The second kappa shape index (κ2) is 12.4. The smallest absolute Gasteiger partial charge is 0.421 e. The number of ether oxygens (including phenoxy) is 3. The van der Waals surface area contributed by atoms with Gasteiger partial charge in [-0.15, -0.1) is 10.2 Å². The van der Waals surface area contributed by atoms with Crippen molar-refractivity contribution >= 4 is 16.0 Å². The summed E-state index contributed by atoms with van der Waals surface area (Å²) in [6.45, 7) is 3.81. The zero-order valence-corrected chi connectivity index (χ0v) is 25.4. The number of nitrogens with one attached hydrogen (secondary N) is 1. The van der Waals surface area contributed by atoms with Gasteiger partial charge in [-0.25, -0.2) is 18.4 Å². The van der Waals surface area contributed by atoms with Crippen molar-refractivity contribution in [2.24, 2.45) is 0 Å². The van der Waals surface area contributed by atoms with E-state index < -0.39 is 38.7 Å². The van der Waals surface area contributed by atoms with E-state index in [9.17, 15) is 26.7 Å². The van der Waals surface area contributed by atoms with E-state index in [1.165, 1.54) is 57.3 Å². The van der Waals surface area contributed by atoms with Crippen molar-refractivity contribution in [2.75, 3.05) is 26.1 Å². The lowest BCUT2D eigenvalue weighted by Crippen LogP contribution is -2.39. The number of para-hydroxylation sites is 1. The first-order chi connectivity index (χ1) is 20.7. The van der Waals surface area contributed by atoms with Crippen LogP contribution >= 0.6 is 0 Å². The van der Waals surface area contributed by atoms with Crippen molar-refractivity contribution in [1.29, 1.82) is 0 Å². The zero-order valence-electron chi connectivity index (χ0n) is 24.6. The Morgan fingerprint density at radius 2 is 1.57 bits per heavy atom. The maximum absolute atomic E-state index is 13.7. The van der Waals surface area contributed by atoms with Gasteiger partial charge >= 0.3 is 6.18 Å². The van der Waals surface area contributed by atoms with Crippen LogP contribution in [-0.4, -0.2) is 71.0 Å². The average Bonchev–Trinajstić information content (AvgIpc) is 3.39. The van der Waals surface area contributed by atoms with Crippen LogP contribution in [0.1, 0.15) is 36.9 Å². The molecule has 3 atom stereocenters. The molecule has 4 aromatic rings. The molecule has 4 rings (SSSR count). The van der Waals surface area contributed by atoms with Crippen LogP contribution in [0.5, 0.6) is 11.5 Å². The van der Waals surface area contributed by atoms with Crippen LogP contribution in [0, 0.1) is 6.92 Å². The first-order valence-electron chi connectivity index (χ1n) is 13.1. The molecule has 2 N–H and O–H groups in total. The van der Waals surface area contributed by atoms with Gasteiger partial charge in [-0.3, -0.25) is 9.29 Å². The molecule has 44 heavy (non-hydrogen) atoms. The third-order valence-corrected chi connectivity index (χ3v) is 8.68. The summed E-state index contributed by atoms with van der Waals surface area (Å²) in [5.41, 5.74) is -2.66. The quantitative estimate of drug-likeness (QED) is 0.243. The van der Waals surface area contributed by atoms with Crippen molar-refractivity contribution in [3.8, 4) is 28.6 Å². The van der Waals surface area contributed by atoms with E-state index >= 15 is 0 Å². The lowest BCUT2D eigenvalue weighted by atomic mass is 9.93. The van der Waals surface area contributed by atoms with Crippen molar-refractivity contribution in [2.45, 2.75) is 43.9 Å². The first kappa shape index (κ1) is 32.6. The van der Waals surface area contributed by atoms with Gasteiger partial charge in [0.05, 0.1) is 14.2 Å². The van der Waals surface area contributed by atoms with Gasteiger partial charge in [0.1, 0.15) is 28.5 Å². The number of hydrogen-bond donors (Lipinski definition) is 2. The highest BCUT2D eigenvalue weighted by Crippen LogP contribution is 2.41. The van der Waals surface area contributed by atoms with E-state index in [0.717, 1.165) is 17.7 Å². The van der Waals surface area contributed by atoms with E-state index in [4.69, 9.17) is 14.2 Å². The van der Waals surface area contributed by atoms with E-state index in [0.29, 0.717) is 6.92 Å². The minimum absolute atomic E-state index is 0.0776. The summed E-state index contributed by atoms with van der Waals surface area (Å²) >= 11 is 0. The number of alkyl halides is 3. The molecule has 0 saturated heterocycles. The van der Waals surface area contributed by atoms with E-state index in [-0.39, 0.29) is 40.3 Å². The number of aliphatic hydroxyl groups is 1. The predicted molar refractivity (Wildman–Crippen MR) is 154 cm³/mol. The number of methoxy groups -OCH3 is 3. The first-order valence-corrected chi connectivity index (χ1v) is 14.6. The molecule has 12 nitrogen and oxygen atoms in total. The molecule has 0 fully saturated rings. The van der Waals surface area contributed by atoms with Gasteiger partial charge in [-0.05, 0) is 50.1 Å². The molecular weight excluding hydrogens is 605 g/mol. The molecule has 0 radical (unpaired) electrons. The Balaban J connectivity index is 1.89. The molecule has 236 valence electrons. The fourth-order valence-corrected chi connectivity index (χ4v) is 5.50. The molecule has 0 aliphatic heterocycles. The summed E-state index contributed by atoms with van der Waals surface area (Å²) < 4.78 is 88.7. The maximum atomic E-state index is 13.7. The fraction of sp³-hybridized carbons (Fsp3) is 0.357. The number of nitrogens with zero attached hydrogens (tertiary/aromatic N) is 5. The molecule has 0 aliphatic rings. The third kappa shape index (κ3) is 6.18. The normalized spacial score (nSPS) is 14.9. The molecule has 0 aliphatic carbocycles. The Hall–Kier alpha value is -4.28. The largest absolute Gasteiger partial charge is 0.494 e. The summed E-state index contributed by atoms with van der Waals surface area (Å²) in [6, 6.07) is 9.72. The minimum Gasteiger partial charge on any atom is -0.494 e. The molecule has 0 amide bonds. The van der Waals surface area contributed by atoms with E-state index in [1.807, 2.05) is 0 Å². The Morgan fingerprint density at radius 3 is 2.11 bits per heavy atom. The van der Waals surface area contributed by atoms with Crippen LogP contribution in [0.25, 0.3) is 17.1 Å². The van der Waals surface area contributed by atoms with Crippen LogP contribution in [0.3, 0.4) is 0 Å². The van der Waals surface area contributed by atoms with Gasteiger partial charge in [0.2, 0.25) is 16.0 Å². The number of hydrogen-bond acceptors (Lipinski definition) is 10. The second-order valence-corrected chi connectivity index (χ2v) is 12.0. The van der Waals surface area contributed by atoms with Gasteiger partial charge in [-0.1, -0.05) is 24.3 Å². The van der Waals surface area contributed by atoms with Gasteiger partial charge in [0, 0.05) is 25.1 Å². The lowest BCUT2D eigenvalue weighted by Gasteiger charge is -2.27. The van der Waals surface area contributed by atoms with Crippen molar-refractivity contribution in [1.82, 2.24) is 24.7 Å². The topological polar surface area (TPSA) is 151 Å². The Morgan fingerprint density at radius 1 is 0.977 bits per heavy atom. The molecule has 0 unspecified atom stereocenters. The molecule has 2 aromatic heterocycles. The van der Waals surface area contributed by atoms with Crippen LogP contribution in [0.15, 0.2) is 54.9 Å². The van der Waals surface area contributed by atoms with Crippen LogP contribution in [0.4, 0.5) is 19.1 Å². The third-order valence-electron chi connectivity index (χ3n) is 6.98. The average molecular weight is 637 g/mol. The second-order valence-electron chi connectivity index (χ2n) is 9.97. The molecule has 2 heterocycles. The van der Waals surface area contributed by atoms with Crippen LogP contribution < -0.4 is 14.2 Å². The number of halogens is 3. The van der Waals surface area contributed by atoms with Crippen molar-refractivity contribution < 1.29 is 40.9 Å². The highest BCUT2D eigenvalue weighted by atomic mass is 32.2. The molecule has 0 bridgehead atoms. The van der Waals surface area contributed by atoms with Gasteiger partial charge < -0.3 is 19.3 Å². The molecular formula is C28H31F3N6O6S. The molecule has 0 saturated carbocycles. The van der Waals surface area contributed by atoms with Crippen molar-refractivity contribution in [3.63, 3.8) is 0 Å². The highest BCUT2D eigenvalue weighted by Gasteiger charge is 2.51. The molecule has 2 aromatic carbocycles. The summed E-state index contributed by atoms with van der Waals surface area (Å²) in [7, 11) is -0.248. The zero-order chi connectivity index (χ0) is 32.4. The van der Waals surface area contributed by atoms with Crippen molar-refractivity contribution in [3.05, 3.63) is 71.8 Å². The van der Waals surface area contributed by atoms with E-state index in [1.54, 1.807) is 25.1 Å².